The first-order valence-electron chi connectivity index (χ1n) is 16.3. The van der Waals surface area contributed by atoms with E-state index in [1.165, 1.54) is 30.2 Å². The standard InChI is InChI=1S/C38H42ClN3O5S/c1-28-14-12-13-17-30(28)26-41(35(24-29-15-6-3-7-16-29)38(44)40-32-18-8-4-9-19-32)37(43)27-42(34-25-31(39)22-23-36(34)47-2)48(45,46)33-20-10-5-11-21-33/h3,5-7,10-17,20-23,25,32,35H,4,8-9,18-19,24,26-27H2,1-2H3,(H,40,44)/t35-/m1/s1. The number of nitrogens with zero attached hydrogens (tertiary/aromatic N) is 2. The Balaban J connectivity index is 1.60. The molecular weight excluding hydrogens is 646 g/mol. The van der Waals surface area contributed by atoms with Gasteiger partial charge in [-0.15, -0.1) is 0 Å². The van der Waals surface area contributed by atoms with E-state index >= 15 is 0 Å². The van der Waals surface area contributed by atoms with E-state index in [2.05, 4.69) is 5.32 Å². The van der Waals surface area contributed by atoms with Gasteiger partial charge >= 0.3 is 0 Å². The number of hydrogen-bond donors (Lipinski definition) is 1. The van der Waals surface area contributed by atoms with Gasteiger partial charge in [0.2, 0.25) is 11.8 Å². The molecule has 0 heterocycles. The number of carbonyl (C=O) groups excluding carboxylic acids is 2. The Bertz CT molecular complexity index is 1800. The van der Waals surface area contributed by atoms with Crippen molar-refractivity contribution in [3.8, 4) is 5.75 Å². The van der Waals surface area contributed by atoms with Crippen molar-refractivity contribution in [1.29, 1.82) is 0 Å². The second-order valence-electron chi connectivity index (χ2n) is 12.1. The molecule has 1 fully saturated rings. The Morgan fingerprint density at radius 2 is 1.54 bits per heavy atom. The Hall–Kier alpha value is -4.34. The summed E-state index contributed by atoms with van der Waals surface area (Å²) in [5.74, 6) is -0.571. The summed E-state index contributed by atoms with van der Waals surface area (Å²) in [5, 5.41) is 3.51. The summed E-state index contributed by atoms with van der Waals surface area (Å²) < 4.78 is 35.2. The zero-order chi connectivity index (χ0) is 34.1. The van der Waals surface area contributed by atoms with Crippen molar-refractivity contribution in [2.45, 2.75) is 69.0 Å². The highest BCUT2D eigenvalue weighted by molar-refractivity contribution is 7.92. The lowest BCUT2D eigenvalue weighted by Crippen LogP contribution is -2.55. The van der Waals surface area contributed by atoms with Gasteiger partial charge in [-0.05, 0) is 66.8 Å². The monoisotopic (exact) mass is 687 g/mol. The molecule has 0 spiro atoms. The minimum absolute atomic E-state index is 0.00107. The van der Waals surface area contributed by atoms with E-state index in [4.69, 9.17) is 16.3 Å². The van der Waals surface area contributed by atoms with Gasteiger partial charge in [0.15, 0.2) is 0 Å². The van der Waals surface area contributed by atoms with Gasteiger partial charge in [-0.1, -0.05) is 104 Å². The number of nitrogens with one attached hydrogen (secondary N) is 1. The molecule has 1 N–H and O–H groups in total. The molecule has 0 saturated heterocycles. The van der Waals surface area contributed by atoms with Crippen LogP contribution in [0.1, 0.15) is 48.8 Å². The van der Waals surface area contributed by atoms with E-state index < -0.39 is 28.5 Å². The van der Waals surface area contributed by atoms with Crippen molar-refractivity contribution >= 4 is 39.1 Å². The van der Waals surface area contributed by atoms with Crippen molar-refractivity contribution in [3.05, 3.63) is 125 Å². The zero-order valence-corrected chi connectivity index (χ0v) is 28.9. The Kier molecular flexibility index (Phi) is 11.8. The summed E-state index contributed by atoms with van der Waals surface area (Å²) >= 11 is 6.39. The van der Waals surface area contributed by atoms with Crippen molar-refractivity contribution in [2.24, 2.45) is 0 Å². The van der Waals surface area contributed by atoms with Crippen molar-refractivity contribution in [3.63, 3.8) is 0 Å². The number of rotatable bonds is 13. The van der Waals surface area contributed by atoms with E-state index in [1.807, 2.05) is 61.5 Å². The van der Waals surface area contributed by atoms with Gasteiger partial charge in [0.1, 0.15) is 18.3 Å². The predicted octanol–water partition coefficient (Wildman–Crippen LogP) is 6.94. The van der Waals surface area contributed by atoms with E-state index in [0.717, 1.165) is 53.1 Å². The lowest BCUT2D eigenvalue weighted by Gasteiger charge is -2.35. The number of benzene rings is 4. The molecule has 1 saturated carbocycles. The molecule has 1 aliphatic rings. The molecule has 0 aromatic heterocycles. The molecule has 0 unspecified atom stereocenters. The number of sulfonamides is 1. The summed E-state index contributed by atoms with van der Waals surface area (Å²) in [5.41, 5.74) is 2.80. The van der Waals surface area contributed by atoms with E-state index in [9.17, 15) is 18.0 Å². The van der Waals surface area contributed by atoms with E-state index in [-0.39, 0.29) is 46.3 Å². The van der Waals surface area contributed by atoms with Crippen LogP contribution in [-0.2, 0) is 32.6 Å². The van der Waals surface area contributed by atoms with Crippen molar-refractivity contribution in [2.75, 3.05) is 18.0 Å². The fourth-order valence-electron chi connectivity index (χ4n) is 6.16. The first kappa shape index (κ1) is 35.0. The fraction of sp³-hybridized carbons (Fsp3) is 0.316. The molecule has 4 aromatic carbocycles. The Labute approximate surface area is 288 Å². The molecule has 0 bridgehead atoms. The van der Waals surface area contributed by atoms with Crippen LogP contribution in [0.25, 0.3) is 0 Å². The number of amides is 2. The van der Waals surface area contributed by atoms with Crippen molar-refractivity contribution in [1.82, 2.24) is 10.2 Å². The summed E-state index contributed by atoms with van der Waals surface area (Å²) in [6, 6.07) is 28.9. The second-order valence-corrected chi connectivity index (χ2v) is 14.4. The first-order chi connectivity index (χ1) is 23.2. The highest BCUT2D eigenvalue weighted by atomic mass is 35.5. The molecule has 10 heteroatoms. The number of aryl methyl sites for hydroxylation is 1. The quantitative estimate of drug-likeness (QED) is 0.164. The van der Waals surface area contributed by atoms with Crippen LogP contribution in [0.4, 0.5) is 5.69 Å². The molecule has 48 heavy (non-hydrogen) atoms. The third kappa shape index (κ3) is 8.57. The van der Waals surface area contributed by atoms with Gasteiger partial charge in [0.05, 0.1) is 17.7 Å². The van der Waals surface area contributed by atoms with Crippen molar-refractivity contribution < 1.29 is 22.7 Å². The van der Waals surface area contributed by atoms with E-state index in [0.29, 0.717) is 0 Å². The predicted molar refractivity (Wildman–Crippen MR) is 190 cm³/mol. The van der Waals surface area contributed by atoms with Gasteiger partial charge < -0.3 is 15.0 Å². The third-order valence-corrected chi connectivity index (χ3v) is 10.9. The van der Waals surface area contributed by atoms with Gasteiger partial charge in [-0.3, -0.25) is 13.9 Å². The van der Waals surface area contributed by atoms with Gasteiger partial charge in [0, 0.05) is 24.0 Å². The van der Waals surface area contributed by atoms with Crippen LogP contribution in [0.3, 0.4) is 0 Å². The van der Waals surface area contributed by atoms with Crippen LogP contribution in [0.15, 0.2) is 108 Å². The van der Waals surface area contributed by atoms with Crippen LogP contribution >= 0.6 is 11.6 Å². The SMILES string of the molecule is COc1ccc(Cl)cc1N(CC(=O)N(Cc1ccccc1C)[C@H](Cc1ccccc1)C(=O)NC1CCCCC1)S(=O)(=O)c1ccccc1. The fourth-order valence-corrected chi connectivity index (χ4v) is 7.76. The summed E-state index contributed by atoms with van der Waals surface area (Å²) in [4.78, 5) is 30.6. The van der Waals surface area contributed by atoms with Crippen LogP contribution < -0.4 is 14.4 Å². The molecule has 5 rings (SSSR count). The third-order valence-electron chi connectivity index (χ3n) is 8.84. The zero-order valence-electron chi connectivity index (χ0n) is 27.3. The maximum atomic E-state index is 14.8. The van der Waals surface area contributed by atoms with Crippen LogP contribution in [0, 0.1) is 6.92 Å². The van der Waals surface area contributed by atoms with Crippen LogP contribution in [0.2, 0.25) is 5.02 Å². The molecule has 8 nitrogen and oxygen atoms in total. The molecular formula is C38H42ClN3O5S. The molecule has 252 valence electrons. The highest BCUT2D eigenvalue weighted by Crippen LogP contribution is 2.35. The average molecular weight is 688 g/mol. The molecule has 1 atom stereocenters. The number of hydrogen-bond acceptors (Lipinski definition) is 5. The Morgan fingerprint density at radius 1 is 0.896 bits per heavy atom. The maximum absolute atomic E-state index is 14.8. The van der Waals surface area contributed by atoms with Gasteiger partial charge in [-0.2, -0.15) is 0 Å². The number of methoxy groups -OCH3 is 1. The number of halogens is 1. The number of carbonyl (C=O) groups is 2. The van der Waals surface area contributed by atoms with Gasteiger partial charge in [0.25, 0.3) is 10.0 Å². The number of ether oxygens (including phenoxy) is 1. The van der Waals surface area contributed by atoms with E-state index in [1.54, 1.807) is 30.3 Å². The average Bonchev–Trinajstić information content (AvgIpc) is 3.10. The topological polar surface area (TPSA) is 96.0 Å². The highest BCUT2D eigenvalue weighted by Gasteiger charge is 2.36. The molecule has 0 radical (unpaired) electrons. The maximum Gasteiger partial charge on any atom is 0.264 e. The van der Waals surface area contributed by atoms with Crippen LogP contribution in [-0.4, -0.2) is 50.9 Å². The summed E-state index contributed by atoms with van der Waals surface area (Å²) in [6.07, 6.45) is 5.22. The molecule has 1 aliphatic carbocycles. The smallest absolute Gasteiger partial charge is 0.264 e. The number of anilines is 1. The van der Waals surface area contributed by atoms with Crippen LogP contribution in [0.5, 0.6) is 5.75 Å². The minimum Gasteiger partial charge on any atom is -0.495 e. The molecule has 2 amide bonds. The lowest BCUT2D eigenvalue weighted by atomic mass is 9.94. The first-order valence-corrected chi connectivity index (χ1v) is 18.1. The molecule has 0 aliphatic heterocycles. The van der Waals surface area contributed by atoms with Gasteiger partial charge in [-0.25, -0.2) is 8.42 Å². The minimum atomic E-state index is -4.29. The Morgan fingerprint density at radius 3 is 2.21 bits per heavy atom. The molecule has 4 aromatic rings. The summed E-state index contributed by atoms with van der Waals surface area (Å²) in [7, 11) is -2.87. The lowest BCUT2D eigenvalue weighted by molar-refractivity contribution is -0.140. The largest absolute Gasteiger partial charge is 0.495 e. The normalized spacial score (nSPS) is 14.1. The second kappa shape index (κ2) is 16.2. The summed E-state index contributed by atoms with van der Waals surface area (Å²) in [6.45, 7) is 1.46.